The highest BCUT2D eigenvalue weighted by Crippen LogP contribution is 2.63. The molecule has 0 N–H and O–H groups in total. The van der Waals surface area contributed by atoms with Crippen molar-refractivity contribution in [1.82, 2.24) is 0 Å². The lowest BCUT2D eigenvalue weighted by molar-refractivity contribution is 0.332. The van der Waals surface area contributed by atoms with Crippen LogP contribution < -0.4 is 0 Å². The van der Waals surface area contributed by atoms with Crippen molar-refractivity contribution in [1.29, 1.82) is 0 Å². The molecule has 0 aromatic heterocycles. The molecule has 1 aliphatic heterocycles. The van der Waals surface area contributed by atoms with Crippen LogP contribution in [0.25, 0.3) is 0 Å². The van der Waals surface area contributed by atoms with Gasteiger partial charge in [-0.25, -0.2) is 0 Å². The maximum atomic E-state index is 2.36. The molecule has 3 rings (SSSR count). The topological polar surface area (TPSA) is 0 Å². The molecule has 2 unspecified atom stereocenters. The Morgan fingerprint density at radius 2 is 1.13 bits per heavy atom. The minimum atomic E-state index is 0.366. The van der Waals surface area contributed by atoms with E-state index in [4.69, 9.17) is 0 Å². The molecule has 0 aromatic rings. The van der Waals surface area contributed by atoms with Crippen molar-refractivity contribution >= 4 is 7.92 Å². The van der Waals surface area contributed by atoms with Gasteiger partial charge < -0.3 is 0 Å². The summed E-state index contributed by atoms with van der Waals surface area (Å²) in [7, 11) is 0.366. The van der Waals surface area contributed by atoms with Gasteiger partial charge in [0.15, 0.2) is 0 Å². The molecule has 0 spiro atoms. The monoisotopic (exact) mass is 336 g/mol. The lowest BCUT2D eigenvalue weighted by Crippen LogP contribution is -2.24. The number of rotatable bonds is 7. The van der Waals surface area contributed by atoms with Crippen molar-refractivity contribution < 1.29 is 0 Å². The molecule has 0 amide bonds. The number of hydrogen-bond donors (Lipinski definition) is 0. The smallest absolute Gasteiger partial charge is 0.0178 e. The van der Waals surface area contributed by atoms with E-state index in [-0.39, 0.29) is 0 Å². The normalized spacial score (nSPS) is 34.0. The molecular weight excluding hydrogens is 295 g/mol. The average Bonchev–Trinajstić information content (AvgIpc) is 3.04. The summed E-state index contributed by atoms with van der Waals surface area (Å²) < 4.78 is 0. The van der Waals surface area contributed by atoms with Crippen LogP contribution in [0, 0.1) is 11.8 Å². The summed E-state index contributed by atoms with van der Waals surface area (Å²) in [4.78, 5) is 0. The molecule has 134 valence electrons. The third-order valence-corrected chi connectivity index (χ3v) is 11.2. The van der Waals surface area contributed by atoms with Crippen LogP contribution in [-0.4, -0.2) is 17.5 Å². The maximum absolute atomic E-state index is 2.36. The molecule has 3 aliphatic rings. The Balaban J connectivity index is 1.60. The minimum absolute atomic E-state index is 0.366. The molecule has 1 heteroatoms. The van der Waals surface area contributed by atoms with E-state index in [1.807, 2.05) is 0 Å². The van der Waals surface area contributed by atoms with Crippen LogP contribution in [0.2, 0.25) is 0 Å². The fourth-order valence-corrected chi connectivity index (χ4v) is 10.4. The molecule has 2 aliphatic carbocycles. The van der Waals surface area contributed by atoms with Crippen molar-refractivity contribution in [3.63, 3.8) is 0 Å². The van der Waals surface area contributed by atoms with Gasteiger partial charge in [-0.1, -0.05) is 72.6 Å². The van der Waals surface area contributed by atoms with Crippen molar-refractivity contribution in [2.24, 2.45) is 11.8 Å². The summed E-state index contributed by atoms with van der Waals surface area (Å²) in [6.07, 6.45) is 26.5. The van der Waals surface area contributed by atoms with Crippen LogP contribution in [0.5, 0.6) is 0 Å². The Bertz CT molecular complexity index is 288. The van der Waals surface area contributed by atoms with Crippen LogP contribution in [0.4, 0.5) is 0 Å². The number of unbranched alkanes of at least 4 members (excludes halogenated alkanes) is 3. The van der Waals surface area contributed by atoms with Crippen molar-refractivity contribution in [3.8, 4) is 0 Å². The first-order valence-corrected chi connectivity index (χ1v) is 12.8. The van der Waals surface area contributed by atoms with E-state index in [0.717, 1.165) is 11.8 Å². The molecular formula is C22H41P. The van der Waals surface area contributed by atoms with Gasteiger partial charge in [-0.05, 0) is 74.3 Å². The van der Waals surface area contributed by atoms with Crippen molar-refractivity contribution in [2.45, 2.75) is 121 Å². The predicted molar refractivity (Wildman–Crippen MR) is 106 cm³/mol. The van der Waals surface area contributed by atoms with Crippen LogP contribution in [0.15, 0.2) is 0 Å². The van der Waals surface area contributed by atoms with Gasteiger partial charge in [0.1, 0.15) is 0 Å². The standard InChI is InChI=1S/C22H41P/c1-2-3-4-11-18-23-21(19-12-7-5-8-13-19)16-17-22(23)20-14-9-6-10-15-20/h19-22H,2-18H2,1H3. The van der Waals surface area contributed by atoms with Gasteiger partial charge in [-0.15, -0.1) is 0 Å². The molecule has 0 nitrogen and oxygen atoms in total. The Morgan fingerprint density at radius 1 is 0.609 bits per heavy atom. The van der Waals surface area contributed by atoms with E-state index in [2.05, 4.69) is 6.92 Å². The zero-order valence-electron chi connectivity index (χ0n) is 15.8. The van der Waals surface area contributed by atoms with Crippen LogP contribution in [0.1, 0.15) is 110 Å². The van der Waals surface area contributed by atoms with E-state index in [1.54, 1.807) is 76.8 Å². The maximum Gasteiger partial charge on any atom is -0.0178 e. The second-order valence-electron chi connectivity index (χ2n) is 8.81. The Labute approximate surface area is 147 Å². The highest BCUT2D eigenvalue weighted by Gasteiger charge is 2.42. The van der Waals surface area contributed by atoms with Gasteiger partial charge in [-0.3, -0.25) is 0 Å². The second kappa shape index (κ2) is 9.79. The lowest BCUT2D eigenvalue weighted by Gasteiger charge is -2.37. The van der Waals surface area contributed by atoms with Gasteiger partial charge in [0.25, 0.3) is 0 Å². The van der Waals surface area contributed by atoms with Gasteiger partial charge in [0, 0.05) is 0 Å². The van der Waals surface area contributed by atoms with Crippen LogP contribution in [-0.2, 0) is 0 Å². The van der Waals surface area contributed by atoms with Crippen LogP contribution in [0.3, 0.4) is 0 Å². The molecule has 0 aromatic carbocycles. The Kier molecular flexibility index (Phi) is 7.76. The van der Waals surface area contributed by atoms with Gasteiger partial charge in [0.05, 0.1) is 0 Å². The molecule has 1 saturated heterocycles. The van der Waals surface area contributed by atoms with Crippen molar-refractivity contribution in [3.05, 3.63) is 0 Å². The SMILES string of the molecule is CCCCCCP1C(C2CCCCC2)CCC1C1CCCCC1. The van der Waals surface area contributed by atoms with E-state index in [9.17, 15) is 0 Å². The van der Waals surface area contributed by atoms with Crippen molar-refractivity contribution in [2.75, 3.05) is 6.16 Å². The van der Waals surface area contributed by atoms with Gasteiger partial charge in [0.2, 0.25) is 0 Å². The zero-order valence-corrected chi connectivity index (χ0v) is 16.7. The first-order chi connectivity index (χ1) is 11.4. The first-order valence-electron chi connectivity index (χ1n) is 11.2. The van der Waals surface area contributed by atoms with E-state index in [0.29, 0.717) is 7.92 Å². The second-order valence-corrected chi connectivity index (χ2v) is 11.6. The average molecular weight is 337 g/mol. The Hall–Kier alpha value is 0.430. The summed E-state index contributed by atoms with van der Waals surface area (Å²) in [5.41, 5.74) is 2.39. The van der Waals surface area contributed by atoms with E-state index in [1.165, 1.54) is 43.4 Å². The third-order valence-electron chi connectivity index (χ3n) is 7.27. The largest absolute Gasteiger partial charge is 0.0998 e. The Morgan fingerprint density at radius 3 is 1.61 bits per heavy atom. The summed E-state index contributed by atoms with van der Waals surface area (Å²) in [6.45, 7) is 2.36. The molecule has 23 heavy (non-hydrogen) atoms. The fourth-order valence-electron chi connectivity index (χ4n) is 6.02. The molecule has 0 radical (unpaired) electrons. The van der Waals surface area contributed by atoms with E-state index >= 15 is 0 Å². The highest BCUT2D eigenvalue weighted by atomic mass is 31.1. The first kappa shape index (κ1) is 18.2. The van der Waals surface area contributed by atoms with Gasteiger partial charge >= 0.3 is 0 Å². The summed E-state index contributed by atoms with van der Waals surface area (Å²) >= 11 is 0. The third kappa shape index (κ3) is 4.96. The fraction of sp³-hybridized carbons (Fsp3) is 1.00. The zero-order chi connectivity index (χ0) is 15.9. The highest BCUT2D eigenvalue weighted by molar-refractivity contribution is 7.59. The van der Waals surface area contributed by atoms with Crippen LogP contribution >= 0.6 is 7.92 Å². The quantitative estimate of drug-likeness (QED) is 0.329. The lowest BCUT2D eigenvalue weighted by atomic mass is 9.83. The minimum Gasteiger partial charge on any atom is -0.0998 e. The predicted octanol–water partition coefficient (Wildman–Crippen LogP) is 7.74. The molecule has 1 heterocycles. The number of hydrogen-bond acceptors (Lipinski definition) is 0. The summed E-state index contributed by atoms with van der Waals surface area (Å²) in [6, 6.07) is 0. The van der Waals surface area contributed by atoms with E-state index < -0.39 is 0 Å². The molecule has 2 atom stereocenters. The molecule has 0 bridgehead atoms. The molecule has 2 saturated carbocycles. The summed E-state index contributed by atoms with van der Waals surface area (Å²) in [5, 5.41) is 0. The van der Waals surface area contributed by atoms with Gasteiger partial charge in [-0.2, -0.15) is 0 Å². The molecule has 3 fully saturated rings. The summed E-state index contributed by atoms with van der Waals surface area (Å²) in [5.74, 6) is 2.30.